The average molecular weight is 334 g/mol. The van der Waals surface area contributed by atoms with Gasteiger partial charge in [0, 0.05) is 45.4 Å². The zero-order chi connectivity index (χ0) is 18.1. The first-order valence-corrected chi connectivity index (χ1v) is 8.63. The van der Waals surface area contributed by atoms with E-state index < -0.39 is 0 Å². The minimum atomic E-state index is -0.317. The lowest BCUT2D eigenvalue weighted by Crippen LogP contribution is -2.43. The van der Waals surface area contributed by atoms with Crippen LogP contribution in [0.3, 0.4) is 0 Å². The van der Waals surface area contributed by atoms with E-state index in [0.717, 1.165) is 37.3 Å². The third kappa shape index (κ3) is 4.16. The number of hydrogen-bond donors (Lipinski definition) is 0. The summed E-state index contributed by atoms with van der Waals surface area (Å²) >= 11 is 0. The predicted molar refractivity (Wildman–Crippen MR) is 93.4 cm³/mol. The van der Waals surface area contributed by atoms with Gasteiger partial charge in [-0.05, 0) is 18.9 Å². The van der Waals surface area contributed by atoms with Gasteiger partial charge in [0.25, 0.3) is 0 Å². The van der Waals surface area contributed by atoms with Crippen LogP contribution in [0.25, 0.3) is 0 Å². The second-order valence-electron chi connectivity index (χ2n) is 7.88. The van der Waals surface area contributed by atoms with Crippen molar-refractivity contribution in [2.24, 2.45) is 12.5 Å². The Morgan fingerprint density at radius 2 is 1.88 bits per heavy atom. The quantitative estimate of drug-likeness (QED) is 0.851. The van der Waals surface area contributed by atoms with E-state index in [0.29, 0.717) is 12.5 Å². The molecular weight excluding hydrogens is 304 g/mol. The molecule has 134 valence electrons. The van der Waals surface area contributed by atoms with E-state index in [-0.39, 0.29) is 17.2 Å². The van der Waals surface area contributed by atoms with Gasteiger partial charge >= 0.3 is 0 Å². The molecule has 0 unspecified atom stereocenters. The lowest BCUT2D eigenvalue weighted by molar-refractivity contribution is -0.140. The zero-order valence-corrected chi connectivity index (χ0v) is 15.8. The van der Waals surface area contributed by atoms with Crippen molar-refractivity contribution in [2.75, 3.05) is 20.1 Å². The number of aromatic nitrogens is 2. The molecule has 1 aliphatic heterocycles. The zero-order valence-electron chi connectivity index (χ0n) is 15.8. The second kappa shape index (κ2) is 6.95. The first kappa shape index (κ1) is 18.5. The molecule has 1 aromatic heterocycles. The number of aryl methyl sites for hydroxylation is 1. The summed E-state index contributed by atoms with van der Waals surface area (Å²) < 4.78 is 1.86. The fourth-order valence-corrected chi connectivity index (χ4v) is 3.08. The van der Waals surface area contributed by atoms with Gasteiger partial charge in [-0.1, -0.05) is 20.8 Å². The molecule has 24 heavy (non-hydrogen) atoms. The maximum absolute atomic E-state index is 12.4. The Balaban J connectivity index is 2.00. The molecule has 2 heterocycles. The fourth-order valence-electron chi connectivity index (χ4n) is 3.08. The van der Waals surface area contributed by atoms with Gasteiger partial charge in [0.2, 0.25) is 11.8 Å². The number of piperidine rings is 1. The number of carbonyl (C=O) groups is 2. The highest BCUT2D eigenvalue weighted by Crippen LogP contribution is 2.30. The molecule has 0 atom stereocenters. The normalized spacial score (nSPS) is 16.3. The summed E-state index contributed by atoms with van der Waals surface area (Å²) in [5.74, 6) is 0.661. The molecule has 0 spiro atoms. The Hall–Kier alpha value is -1.85. The maximum Gasteiger partial charge on any atom is 0.227 e. The molecule has 0 aliphatic carbocycles. The highest BCUT2D eigenvalue weighted by atomic mass is 16.2. The van der Waals surface area contributed by atoms with Gasteiger partial charge < -0.3 is 9.80 Å². The van der Waals surface area contributed by atoms with Crippen LogP contribution < -0.4 is 0 Å². The van der Waals surface area contributed by atoms with E-state index in [1.807, 2.05) is 37.4 Å². The molecule has 6 nitrogen and oxygen atoms in total. The van der Waals surface area contributed by atoms with Gasteiger partial charge in [-0.2, -0.15) is 5.10 Å². The van der Waals surface area contributed by atoms with Gasteiger partial charge in [-0.3, -0.25) is 14.3 Å². The summed E-state index contributed by atoms with van der Waals surface area (Å²) in [4.78, 5) is 27.4. The number of rotatable bonds is 3. The largest absolute Gasteiger partial charge is 0.342 e. The Kier molecular flexibility index (Phi) is 5.35. The molecule has 0 radical (unpaired) electrons. The summed E-state index contributed by atoms with van der Waals surface area (Å²) in [6, 6.07) is 2.10. The van der Waals surface area contributed by atoms with Crippen LogP contribution in [0.1, 0.15) is 57.8 Å². The van der Waals surface area contributed by atoms with Crippen LogP contribution in [0.4, 0.5) is 0 Å². The van der Waals surface area contributed by atoms with Crippen LogP contribution >= 0.6 is 0 Å². The van der Waals surface area contributed by atoms with Gasteiger partial charge in [-0.25, -0.2) is 0 Å². The van der Waals surface area contributed by atoms with E-state index in [2.05, 4.69) is 11.2 Å². The third-order valence-corrected chi connectivity index (χ3v) is 4.77. The minimum Gasteiger partial charge on any atom is -0.342 e. The van der Waals surface area contributed by atoms with Gasteiger partial charge in [0.15, 0.2) is 0 Å². The van der Waals surface area contributed by atoms with Gasteiger partial charge in [0.1, 0.15) is 0 Å². The van der Waals surface area contributed by atoms with Crippen LogP contribution in [0, 0.1) is 5.41 Å². The predicted octanol–water partition coefficient (Wildman–Crippen LogP) is 2.15. The molecule has 2 amide bonds. The molecule has 2 rings (SSSR count). The molecule has 0 bridgehead atoms. The van der Waals surface area contributed by atoms with Gasteiger partial charge in [0.05, 0.1) is 17.9 Å². The molecule has 6 heteroatoms. The Labute approximate surface area is 144 Å². The van der Waals surface area contributed by atoms with Crippen molar-refractivity contribution in [3.63, 3.8) is 0 Å². The summed E-state index contributed by atoms with van der Waals surface area (Å²) in [5, 5.41) is 4.64. The van der Waals surface area contributed by atoms with E-state index >= 15 is 0 Å². The maximum atomic E-state index is 12.4. The summed E-state index contributed by atoms with van der Waals surface area (Å²) in [6.07, 6.45) is 1.89. The average Bonchev–Trinajstić information content (AvgIpc) is 2.86. The Morgan fingerprint density at radius 3 is 2.38 bits per heavy atom. The van der Waals surface area contributed by atoms with Crippen LogP contribution in [-0.4, -0.2) is 51.5 Å². The third-order valence-electron chi connectivity index (χ3n) is 4.77. The monoisotopic (exact) mass is 334 g/mol. The van der Waals surface area contributed by atoms with Crippen molar-refractivity contribution in [3.8, 4) is 0 Å². The fraction of sp³-hybridized carbons (Fsp3) is 0.722. The summed E-state index contributed by atoms with van der Waals surface area (Å²) in [7, 11) is 3.72. The number of carbonyl (C=O) groups excluding carboxylic acids is 2. The number of amides is 2. The Morgan fingerprint density at radius 1 is 1.29 bits per heavy atom. The van der Waals surface area contributed by atoms with E-state index in [9.17, 15) is 9.59 Å². The highest BCUT2D eigenvalue weighted by Gasteiger charge is 2.31. The van der Waals surface area contributed by atoms with Crippen molar-refractivity contribution >= 4 is 11.8 Å². The first-order valence-electron chi connectivity index (χ1n) is 8.63. The smallest absolute Gasteiger partial charge is 0.227 e. The van der Waals surface area contributed by atoms with Crippen molar-refractivity contribution in [1.82, 2.24) is 19.6 Å². The lowest BCUT2D eigenvalue weighted by Gasteiger charge is -2.35. The van der Waals surface area contributed by atoms with Crippen LogP contribution in [0.5, 0.6) is 0 Å². The lowest BCUT2D eigenvalue weighted by atomic mass is 9.89. The molecule has 1 fully saturated rings. The summed E-state index contributed by atoms with van der Waals surface area (Å²) in [6.45, 7) is 9.63. The van der Waals surface area contributed by atoms with Crippen LogP contribution in [-0.2, 0) is 23.2 Å². The molecule has 1 saturated heterocycles. The van der Waals surface area contributed by atoms with Crippen molar-refractivity contribution in [2.45, 2.75) is 53.0 Å². The molecule has 0 N–H and O–H groups in total. The second-order valence-corrected chi connectivity index (χ2v) is 7.88. The topological polar surface area (TPSA) is 58.4 Å². The van der Waals surface area contributed by atoms with E-state index in [1.54, 1.807) is 18.9 Å². The molecule has 1 aliphatic rings. The molecular formula is C18H30N4O2. The van der Waals surface area contributed by atoms with Crippen molar-refractivity contribution in [3.05, 3.63) is 17.5 Å². The first-order chi connectivity index (χ1) is 11.1. The van der Waals surface area contributed by atoms with Crippen LogP contribution in [0.15, 0.2) is 6.07 Å². The van der Waals surface area contributed by atoms with E-state index in [1.165, 1.54) is 0 Å². The summed E-state index contributed by atoms with van der Waals surface area (Å²) in [5.41, 5.74) is 1.80. The van der Waals surface area contributed by atoms with Gasteiger partial charge in [-0.15, -0.1) is 0 Å². The van der Waals surface area contributed by atoms with E-state index in [4.69, 9.17) is 0 Å². The number of hydrogen-bond acceptors (Lipinski definition) is 3. The molecule has 0 saturated carbocycles. The SMILES string of the molecule is CC(=O)N(C)Cc1cc(C2CCN(C(=O)C(C)(C)C)CC2)nn1C. The Bertz CT molecular complexity index is 607. The van der Waals surface area contributed by atoms with Crippen LogP contribution in [0.2, 0.25) is 0 Å². The minimum absolute atomic E-state index is 0.0479. The molecule has 0 aromatic carbocycles. The molecule has 1 aromatic rings. The number of nitrogens with zero attached hydrogens (tertiary/aromatic N) is 4. The standard InChI is InChI=1S/C18H30N4O2/c1-13(23)20(5)12-15-11-16(19-21(15)6)14-7-9-22(10-8-14)17(24)18(2,3)4/h11,14H,7-10,12H2,1-6H3. The number of likely N-dealkylation sites (tertiary alicyclic amines) is 1. The van der Waals surface area contributed by atoms with Crippen molar-refractivity contribution in [1.29, 1.82) is 0 Å². The highest BCUT2D eigenvalue weighted by molar-refractivity contribution is 5.81. The van der Waals surface area contributed by atoms with Crippen molar-refractivity contribution < 1.29 is 9.59 Å².